The van der Waals surface area contributed by atoms with E-state index >= 15 is 0 Å². The second-order valence-corrected chi connectivity index (χ2v) is 4.12. The number of hydrogen-bond donors (Lipinski definition) is 1. The molecule has 1 aromatic carbocycles. The lowest BCUT2D eigenvalue weighted by atomic mass is 10.2. The van der Waals surface area contributed by atoms with Crippen molar-refractivity contribution in [3.63, 3.8) is 0 Å². The third kappa shape index (κ3) is 2.32. The van der Waals surface area contributed by atoms with Crippen LogP contribution < -0.4 is 10.5 Å². The average Bonchev–Trinajstić information content (AvgIpc) is 2.75. The van der Waals surface area contributed by atoms with Gasteiger partial charge in [-0.3, -0.25) is 0 Å². The summed E-state index contributed by atoms with van der Waals surface area (Å²) in [4.78, 5) is 0. The SMILES string of the molecule is NCc1cc(F)c(OC2CCCC2)c(F)c1. The predicted molar refractivity (Wildman–Crippen MR) is 57.1 cm³/mol. The number of rotatable bonds is 3. The highest BCUT2D eigenvalue weighted by Crippen LogP contribution is 2.29. The number of halogens is 2. The maximum Gasteiger partial charge on any atom is 0.191 e. The molecule has 2 rings (SSSR count). The van der Waals surface area contributed by atoms with Crippen molar-refractivity contribution in [2.24, 2.45) is 5.73 Å². The Morgan fingerprint density at radius 2 is 1.75 bits per heavy atom. The van der Waals surface area contributed by atoms with Gasteiger partial charge in [0.15, 0.2) is 17.4 Å². The van der Waals surface area contributed by atoms with Gasteiger partial charge in [-0.15, -0.1) is 0 Å². The lowest BCUT2D eigenvalue weighted by molar-refractivity contribution is 0.191. The molecule has 0 atom stereocenters. The van der Waals surface area contributed by atoms with E-state index in [0.717, 1.165) is 25.7 Å². The molecular weight excluding hydrogens is 212 g/mol. The van der Waals surface area contributed by atoms with Crippen LogP contribution in [-0.4, -0.2) is 6.10 Å². The lowest BCUT2D eigenvalue weighted by Gasteiger charge is -2.14. The highest BCUT2D eigenvalue weighted by Gasteiger charge is 2.20. The topological polar surface area (TPSA) is 35.2 Å². The van der Waals surface area contributed by atoms with Gasteiger partial charge in [-0.2, -0.15) is 0 Å². The molecule has 0 aromatic heterocycles. The van der Waals surface area contributed by atoms with Crippen LogP contribution >= 0.6 is 0 Å². The van der Waals surface area contributed by atoms with E-state index in [2.05, 4.69) is 0 Å². The van der Waals surface area contributed by atoms with Crippen LogP contribution in [0.25, 0.3) is 0 Å². The molecular formula is C12H15F2NO. The zero-order chi connectivity index (χ0) is 11.5. The van der Waals surface area contributed by atoms with Crippen LogP contribution in [0.5, 0.6) is 5.75 Å². The molecule has 0 heterocycles. The van der Waals surface area contributed by atoms with Gasteiger partial charge in [0, 0.05) is 6.54 Å². The van der Waals surface area contributed by atoms with Gasteiger partial charge < -0.3 is 10.5 Å². The quantitative estimate of drug-likeness (QED) is 0.861. The molecule has 1 fully saturated rings. The highest BCUT2D eigenvalue weighted by atomic mass is 19.1. The Kier molecular flexibility index (Phi) is 3.39. The molecule has 0 unspecified atom stereocenters. The summed E-state index contributed by atoms with van der Waals surface area (Å²) >= 11 is 0. The fraction of sp³-hybridized carbons (Fsp3) is 0.500. The second-order valence-electron chi connectivity index (χ2n) is 4.12. The van der Waals surface area contributed by atoms with E-state index in [-0.39, 0.29) is 18.4 Å². The van der Waals surface area contributed by atoms with Gasteiger partial charge in [0.1, 0.15) is 0 Å². The van der Waals surface area contributed by atoms with Crippen LogP contribution in [0, 0.1) is 11.6 Å². The summed E-state index contributed by atoms with van der Waals surface area (Å²) in [5.74, 6) is -1.58. The van der Waals surface area contributed by atoms with Crippen molar-refractivity contribution >= 4 is 0 Å². The molecule has 0 radical (unpaired) electrons. The largest absolute Gasteiger partial charge is 0.484 e. The van der Waals surface area contributed by atoms with Gasteiger partial charge >= 0.3 is 0 Å². The van der Waals surface area contributed by atoms with E-state index in [0.29, 0.717) is 5.56 Å². The zero-order valence-corrected chi connectivity index (χ0v) is 9.01. The van der Waals surface area contributed by atoms with Crippen LogP contribution in [0.15, 0.2) is 12.1 Å². The number of ether oxygens (including phenoxy) is 1. The fourth-order valence-corrected chi connectivity index (χ4v) is 2.02. The van der Waals surface area contributed by atoms with Crippen molar-refractivity contribution < 1.29 is 13.5 Å². The normalized spacial score (nSPS) is 16.7. The summed E-state index contributed by atoms with van der Waals surface area (Å²) in [6, 6.07) is 2.46. The first-order valence-electron chi connectivity index (χ1n) is 5.55. The molecule has 16 heavy (non-hydrogen) atoms. The third-order valence-corrected chi connectivity index (χ3v) is 2.88. The first kappa shape index (κ1) is 11.3. The summed E-state index contributed by atoms with van der Waals surface area (Å²) in [5.41, 5.74) is 5.77. The molecule has 2 nitrogen and oxygen atoms in total. The van der Waals surface area contributed by atoms with Crippen LogP contribution in [0.4, 0.5) is 8.78 Å². The second kappa shape index (κ2) is 4.78. The van der Waals surface area contributed by atoms with Crippen LogP contribution in [0.3, 0.4) is 0 Å². The summed E-state index contributed by atoms with van der Waals surface area (Å²) in [7, 11) is 0. The monoisotopic (exact) mass is 227 g/mol. The summed E-state index contributed by atoms with van der Waals surface area (Å²) in [6.45, 7) is 0.123. The lowest BCUT2D eigenvalue weighted by Crippen LogP contribution is -2.13. The Morgan fingerprint density at radius 1 is 1.19 bits per heavy atom. The number of nitrogens with two attached hydrogens (primary N) is 1. The Morgan fingerprint density at radius 3 is 2.25 bits per heavy atom. The van der Waals surface area contributed by atoms with Crippen LogP contribution in [0.1, 0.15) is 31.2 Å². The van der Waals surface area contributed by atoms with Crippen molar-refractivity contribution in [2.75, 3.05) is 0 Å². The highest BCUT2D eigenvalue weighted by molar-refractivity contribution is 5.31. The molecule has 88 valence electrons. The molecule has 1 aliphatic carbocycles. The maximum absolute atomic E-state index is 13.5. The van der Waals surface area contributed by atoms with Crippen LogP contribution in [-0.2, 0) is 6.54 Å². The minimum absolute atomic E-state index is 0.0484. The standard InChI is InChI=1S/C12H15F2NO/c13-10-5-8(7-15)6-11(14)12(10)16-9-3-1-2-4-9/h5-6,9H,1-4,7,15H2. The summed E-state index contributed by atoms with van der Waals surface area (Å²) in [6.07, 6.45) is 3.83. The van der Waals surface area contributed by atoms with Gasteiger partial charge in [-0.25, -0.2) is 8.78 Å². The molecule has 0 spiro atoms. The predicted octanol–water partition coefficient (Wildman–Crippen LogP) is 2.74. The van der Waals surface area contributed by atoms with E-state index in [4.69, 9.17) is 10.5 Å². The van der Waals surface area contributed by atoms with E-state index in [1.165, 1.54) is 12.1 Å². The zero-order valence-electron chi connectivity index (χ0n) is 9.01. The Bertz CT molecular complexity index is 352. The first-order valence-corrected chi connectivity index (χ1v) is 5.55. The minimum Gasteiger partial charge on any atom is -0.484 e. The van der Waals surface area contributed by atoms with Crippen LogP contribution in [0.2, 0.25) is 0 Å². The van der Waals surface area contributed by atoms with E-state index in [1.54, 1.807) is 0 Å². The summed E-state index contributed by atoms with van der Waals surface area (Å²) in [5, 5.41) is 0. The average molecular weight is 227 g/mol. The van der Waals surface area contributed by atoms with E-state index in [1.807, 2.05) is 0 Å². The molecule has 0 aliphatic heterocycles. The molecule has 0 saturated heterocycles. The number of hydrogen-bond acceptors (Lipinski definition) is 2. The molecule has 2 N–H and O–H groups in total. The van der Waals surface area contributed by atoms with Gasteiger partial charge in [-0.05, 0) is 43.4 Å². The Labute approximate surface area is 93.4 Å². The molecule has 1 saturated carbocycles. The molecule has 0 amide bonds. The van der Waals surface area contributed by atoms with Crippen molar-refractivity contribution in [1.29, 1.82) is 0 Å². The molecule has 1 aliphatic rings. The molecule has 1 aromatic rings. The third-order valence-electron chi connectivity index (χ3n) is 2.88. The van der Waals surface area contributed by atoms with Crippen molar-refractivity contribution in [3.8, 4) is 5.75 Å². The smallest absolute Gasteiger partial charge is 0.191 e. The van der Waals surface area contributed by atoms with Gasteiger partial charge in [0.25, 0.3) is 0 Å². The first-order chi connectivity index (χ1) is 7.70. The molecule has 0 bridgehead atoms. The van der Waals surface area contributed by atoms with Gasteiger partial charge in [0.2, 0.25) is 0 Å². The van der Waals surface area contributed by atoms with Crippen molar-refractivity contribution in [3.05, 3.63) is 29.3 Å². The van der Waals surface area contributed by atoms with E-state index in [9.17, 15) is 8.78 Å². The molecule has 4 heteroatoms. The Hall–Kier alpha value is -1.16. The van der Waals surface area contributed by atoms with Crippen molar-refractivity contribution in [1.82, 2.24) is 0 Å². The van der Waals surface area contributed by atoms with Gasteiger partial charge in [0.05, 0.1) is 6.10 Å². The van der Waals surface area contributed by atoms with Gasteiger partial charge in [-0.1, -0.05) is 0 Å². The number of benzene rings is 1. The fourth-order valence-electron chi connectivity index (χ4n) is 2.02. The Balaban J connectivity index is 2.19. The van der Waals surface area contributed by atoms with Crippen molar-refractivity contribution in [2.45, 2.75) is 38.3 Å². The maximum atomic E-state index is 13.5. The minimum atomic E-state index is -0.660. The summed E-state index contributed by atoms with van der Waals surface area (Å²) < 4.78 is 32.4. The van der Waals surface area contributed by atoms with E-state index < -0.39 is 11.6 Å².